The molecule has 0 fully saturated rings. The summed E-state index contributed by atoms with van der Waals surface area (Å²) in [5, 5.41) is 11.6. The highest BCUT2D eigenvalue weighted by Gasteiger charge is 2.18. The zero-order valence-electron chi connectivity index (χ0n) is 11.9. The van der Waals surface area contributed by atoms with E-state index in [9.17, 15) is 9.59 Å². The zero-order chi connectivity index (χ0) is 15.2. The Balaban J connectivity index is 2.02. The van der Waals surface area contributed by atoms with E-state index in [0.29, 0.717) is 36.7 Å². The van der Waals surface area contributed by atoms with Gasteiger partial charge in [0.05, 0.1) is 19.1 Å². The van der Waals surface area contributed by atoms with E-state index in [-0.39, 0.29) is 12.5 Å². The van der Waals surface area contributed by atoms with Gasteiger partial charge in [-0.3, -0.25) is 9.59 Å². The molecule has 1 aromatic carbocycles. The molecule has 1 aliphatic heterocycles. The van der Waals surface area contributed by atoms with Crippen LogP contribution in [0.4, 0.5) is 0 Å². The number of hydrogen-bond donors (Lipinski definition) is 2. The first-order valence-corrected chi connectivity index (χ1v) is 7.02. The summed E-state index contributed by atoms with van der Waals surface area (Å²) >= 11 is 0. The lowest BCUT2D eigenvalue weighted by atomic mass is 10.1. The van der Waals surface area contributed by atoms with Crippen molar-refractivity contribution >= 4 is 11.9 Å². The molecule has 6 nitrogen and oxygen atoms in total. The number of rotatable bonds is 5. The zero-order valence-corrected chi connectivity index (χ0v) is 11.9. The topological polar surface area (TPSA) is 84.9 Å². The van der Waals surface area contributed by atoms with Gasteiger partial charge in [-0.25, -0.2) is 0 Å². The summed E-state index contributed by atoms with van der Waals surface area (Å²) < 4.78 is 11.0. The maximum absolute atomic E-state index is 12.1. The van der Waals surface area contributed by atoms with Crippen molar-refractivity contribution in [3.8, 4) is 11.5 Å². The normalized spacial score (nSPS) is 14.9. The first kappa shape index (κ1) is 15.2. The van der Waals surface area contributed by atoms with Gasteiger partial charge in [-0.1, -0.05) is 6.92 Å². The van der Waals surface area contributed by atoms with Gasteiger partial charge >= 0.3 is 5.97 Å². The molecule has 6 heteroatoms. The van der Waals surface area contributed by atoms with Gasteiger partial charge in [-0.2, -0.15) is 0 Å². The molecule has 1 atom stereocenters. The molecule has 0 radical (unpaired) electrons. The van der Waals surface area contributed by atoms with Gasteiger partial charge in [-0.15, -0.1) is 0 Å². The molecule has 1 unspecified atom stereocenters. The number of carboxylic acid groups (broad SMARTS) is 1. The summed E-state index contributed by atoms with van der Waals surface area (Å²) in [6.07, 6.45) is 1.27. The van der Waals surface area contributed by atoms with Gasteiger partial charge in [0.1, 0.15) is 0 Å². The van der Waals surface area contributed by atoms with Crippen molar-refractivity contribution in [1.29, 1.82) is 0 Å². The Labute approximate surface area is 123 Å². The Kier molecular flexibility index (Phi) is 5.03. The summed E-state index contributed by atoms with van der Waals surface area (Å²) in [6, 6.07) is 4.96. The Bertz CT molecular complexity index is 529. The molecular weight excluding hydrogens is 274 g/mol. The van der Waals surface area contributed by atoms with Crippen LogP contribution < -0.4 is 14.8 Å². The molecule has 0 saturated heterocycles. The van der Waals surface area contributed by atoms with Crippen LogP contribution in [0.25, 0.3) is 0 Å². The lowest BCUT2D eigenvalue weighted by Crippen LogP contribution is -2.32. The van der Waals surface area contributed by atoms with Crippen LogP contribution in [-0.4, -0.2) is 36.7 Å². The summed E-state index contributed by atoms with van der Waals surface area (Å²) in [5.41, 5.74) is 0.430. The van der Waals surface area contributed by atoms with E-state index in [2.05, 4.69) is 5.32 Å². The summed E-state index contributed by atoms with van der Waals surface area (Å²) in [6.45, 7) is 3.03. The third-order valence-electron chi connectivity index (χ3n) is 3.36. The van der Waals surface area contributed by atoms with Gasteiger partial charge in [0, 0.05) is 18.5 Å². The Morgan fingerprint density at radius 2 is 2.00 bits per heavy atom. The van der Waals surface area contributed by atoms with Crippen LogP contribution in [0.5, 0.6) is 11.5 Å². The molecule has 2 N–H and O–H groups in total. The molecule has 0 aromatic heterocycles. The molecule has 1 amide bonds. The van der Waals surface area contributed by atoms with E-state index < -0.39 is 11.9 Å². The molecule has 1 heterocycles. The fourth-order valence-electron chi connectivity index (χ4n) is 2.03. The van der Waals surface area contributed by atoms with Crippen LogP contribution in [0.2, 0.25) is 0 Å². The highest BCUT2D eigenvalue weighted by Crippen LogP contribution is 2.30. The first-order chi connectivity index (χ1) is 10.1. The second-order valence-electron chi connectivity index (χ2n) is 4.87. The van der Waals surface area contributed by atoms with E-state index in [1.165, 1.54) is 0 Å². The first-order valence-electron chi connectivity index (χ1n) is 7.02. The summed E-state index contributed by atoms with van der Waals surface area (Å²) in [4.78, 5) is 23.0. The van der Waals surface area contributed by atoms with Crippen molar-refractivity contribution in [2.45, 2.75) is 19.8 Å². The second kappa shape index (κ2) is 6.97. The minimum absolute atomic E-state index is 0.110. The molecular formula is C15H19NO5. The van der Waals surface area contributed by atoms with E-state index >= 15 is 0 Å². The van der Waals surface area contributed by atoms with Crippen LogP contribution in [0.15, 0.2) is 18.2 Å². The predicted molar refractivity (Wildman–Crippen MR) is 75.8 cm³/mol. The molecule has 0 bridgehead atoms. The van der Waals surface area contributed by atoms with Gasteiger partial charge < -0.3 is 19.9 Å². The molecule has 21 heavy (non-hydrogen) atoms. The number of aliphatic carboxylic acids is 1. The molecule has 0 saturated carbocycles. The fraction of sp³-hybridized carbons (Fsp3) is 0.467. The average Bonchev–Trinajstić information content (AvgIpc) is 2.71. The van der Waals surface area contributed by atoms with Crippen LogP contribution in [0.3, 0.4) is 0 Å². The highest BCUT2D eigenvalue weighted by molar-refractivity contribution is 5.95. The molecule has 0 spiro atoms. The lowest BCUT2D eigenvalue weighted by molar-refractivity contribution is -0.141. The maximum Gasteiger partial charge on any atom is 0.308 e. The number of carboxylic acids is 1. The Morgan fingerprint density at radius 1 is 1.29 bits per heavy atom. The van der Waals surface area contributed by atoms with Crippen molar-refractivity contribution in [3.63, 3.8) is 0 Å². The van der Waals surface area contributed by atoms with Gasteiger partial charge in [0.15, 0.2) is 11.5 Å². The number of ether oxygens (including phenoxy) is 2. The number of carbonyl (C=O) groups is 2. The number of benzene rings is 1. The van der Waals surface area contributed by atoms with E-state index in [4.69, 9.17) is 14.6 Å². The monoisotopic (exact) mass is 293 g/mol. The van der Waals surface area contributed by atoms with Crippen LogP contribution >= 0.6 is 0 Å². The van der Waals surface area contributed by atoms with Crippen molar-refractivity contribution in [1.82, 2.24) is 5.32 Å². The van der Waals surface area contributed by atoms with E-state index in [1.807, 2.05) is 0 Å². The highest BCUT2D eigenvalue weighted by atomic mass is 16.5. The summed E-state index contributed by atoms with van der Waals surface area (Å²) in [5.74, 6) is -0.623. The smallest absolute Gasteiger partial charge is 0.308 e. The molecule has 114 valence electrons. The molecule has 1 aromatic rings. The number of hydrogen-bond acceptors (Lipinski definition) is 4. The number of fused-ring (bicyclic) bond motifs is 1. The van der Waals surface area contributed by atoms with Gasteiger partial charge in [0.25, 0.3) is 5.91 Å². The molecule has 2 rings (SSSR count). The third-order valence-corrected chi connectivity index (χ3v) is 3.36. The lowest BCUT2D eigenvalue weighted by Gasteiger charge is -2.12. The fourth-order valence-corrected chi connectivity index (χ4v) is 2.03. The molecule has 1 aliphatic rings. The second-order valence-corrected chi connectivity index (χ2v) is 4.87. The number of carbonyl (C=O) groups excluding carboxylic acids is 1. The Hall–Kier alpha value is -2.24. The van der Waals surface area contributed by atoms with Gasteiger partial charge in [-0.05, 0) is 24.6 Å². The van der Waals surface area contributed by atoms with Crippen molar-refractivity contribution in [2.24, 2.45) is 5.92 Å². The minimum Gasteiger partial charge on any atom is -0.490 e. The third kappa shape index (κ3) is 3.87. The standard InChI is InChI=1S/C15H19NO5/c1-2-10(15(18)19)9-16-14(17)11-4-5-12-13(8-11)21-7-3-6-20-12/h4-5,8,10H,2-3,6-7,9H2,1H3,(H,16,17)(H,18,19). The van der Waals surface area contributed by atoms with Crippen molar-refractivity contribution in [2.75, 3.05) is 19.8 Å². The number of amides is 1. The van der Waals surface area contributed by atoms with Crippen LogP contribution in [-0.2, 0) is 4.79 Å². The van der Waals surface area contributed by atoms with Crippen molar-refractivity contribution < 1.29 is 24.2 Å². The largest absolute Gasteiger partial charge is 0.490 e. The predicted octanol–water partition coefficient (Wildman–Crippen LogP) is 1.69. The van der Waals surface area contributed by atoms with Gasteiger partial charge in [0.2, 0.25) is 0 Å². The SMILES string of the molecule is CCC(CNC(=O)c1ccc2c(c1)OCCCO2)C(=O)O. The Morgan fingerprint density at radius 3 is 2.67 bits per heavy atom. The van der Waals surface area contributed by atoms with E-state index in [1.54, 1.807) is 25.1 Å². The average molecular weight is 293 g/mol. The summed E-state index contributed by atoms with van der Waals surface area (Å²) in [7, 11) is 0. The molecule has 0 aliphatic carbocycles. The minimum atomic E-state index is -0.906. The number of nitrogens with one attached hydrogen (secondary N) is 1. The van der Waals surface area contributed by atoms with Crippen LogP contribution in [0, 0.1) is 5.92 Å². The maximum atomic E-state index is 12.1. The van der Waals surface area contributed by atoms with Crippen LogP contribution in [0.1, 0.15) is 30.1 Å². The quantitative estimate of drug-likeness (QED) is 0.863. The van der Waals surface area contributed by atoms with Crippen molar-refractivity contribution in [3.05, 3.63) is 23.8 Å². The van der Waals surface area contributed by atoms with E-state index in [0.717, 1.165) is 6.42 Å².